The zero-order chi connectivity index (χ0) is 16.2. The van der Waals surface area contributed by atoms with Crippen LogP contribution in [0.5, 0.6) is 0 Å². The molecule has 1 aromatic rings. The van der Waals surface area contributed by atoms with E-state index in [0.29, 0.717) is 0 Å². The van der Waals surface area contributed by atoms with Crippen LogP contribution in [0.15, 0.2) is 12.4 Å². The highest BCUT2D eigenvalue weighted by molar-refractivity contribution is 7.45. The molecule has 20 heavy (non-hydrogen) atoms. The Morgan fingerprint density at radius 1 is 0.900 bits per heavy atom. The molecule has 0 saturated carbocycles. The van der Waals surface area contributed by atoms with Crippen LogP contribution in [0.1, 0.15) is 11.1 Å². The molecule has 0 bridgehead atoms. The van der Waals surface area contributed by atoms with E-state index in [2.05, 4.69) is 4.98 Å². The van der Waals surface area contributed by atoms with E-state index < -0.39 is 33.0 Å². The Bertz CT molecular complexity index is 424. The summed E-state index contributed by atoms with van der Waals surface area (Å²) in [5, 5.41) is 0. The summed E-state index contributed by atoms with van der Waals surface area (Å²) in [5.41, 5.74) is -0.723. The van der Waals surface area contributed by atoms with Gasteiger partial charge >= 0.3 is 20.2 Å². The number of aromatic nitrogens is 1. The van der Waals surface area contributed by atoms with Crippen LogP contribution in [0.2, 0.25) is 0 Å². The Hall–Kier alpha value is -1.03. The molecule has 0 aliphatic carbocycles. The maximum Gasteiger partial charge on any atom is 0.466 e. The van der Waals surface area contributed by atoms with Crippen molar-refractivity contribution >= 4 is 7.82 Å². The molecular formula is C8H10F6NO4P. The average Bonchev–Trinajstić information content (AvgIpc) is 2.43. The van der Waals surface area contributed by atoms with Crippen molar-refractivity contribution in [2.24, 2.45) is 0 Å². The molecular weight excluding hydrogens is 319 g/mol. The van der Waals surface area contributed by atoms with Gasteiger partial charge in [0.1, 0.15) is 0 Å². The monoisotopic (exact) mass is 329 g/mol. The summed E-state index contributed by atoms with van der Waals surface area (Å²) in [6, 6.07) is 0. The Kier molecular flexibility index (Phi) is 6.27. The number of hydrogen-bond acceptors (Lipinski definition) is 1. The van der Waals surface area contributed by atoms with E-state index in [9.17, 15) is 26.3 Å². The molecule has 1 heterocycles. The van der Waals surface area contributed by atoms with Crippen molar-refractivity contribution in [1.82, 2.24) is 4.98 Å². The van der Waals surface area contributed by atoms with Crippen LogP contribution in [0.3, 0.4) is 0 Å². The topological polar surface area (TPSA) is 93.6 Å². The van der Waals surface area contributed by atoms with Crippen molar-refractivity contribution in [3.8, 4) is 0 Å². The second-order valence-corrected chi connectivity index (χ2v) is 4.63. The van der Waals surface area contributed by atoms with Crippen LogP contribution >= 0.6 is 7.82 Å². The predicted octanol–water partition coefficient (Wildman–Crippen LogP) is 2.30. The van der Waals surface area contributed by atoms with Crippen molar-refractivity contribution in [3.63, 3.8) is 0 Å². The van der Waals surface area contributed by atoms with Gasteiger partial charge in [-0.3, -0.25) is 0 Å². The van der Waals surface area contributed by atoms with Crippen molar-refractivity contribution in [2.75, 3.05) is 0 Å². The largest absolute Gasteiger partial charge is 0.466 e. The Balaban J connectivity index is 0.000000621. The quantitative estimate of drug-likeness (QED) is 0.495. The lowest BCUT2D eigenvalue weighted by molar-refractivity contribution is -0.132. The van der Waals surface area contributed by atoms with Gasteiger partial charge in [-0.25, -0.2) is 4.57 Å². The van der Waals surface area contributed by atoms with Gasteiger partial charge in [-0.05, 0) is 11.1 Å². The third-order valence-corrected chi connectivity index (χ3v) is 1.71. The molecule has 0 aliphatic heterocycles. The molecule has 4 N–H and O–H groups in total. The van der Waals surface area contributed by atoms with Crippen molar-refractivity contribution in [1.29, 1.82) is 0 Å². The number of rotatable bonds is 2. The number of nitrogens with one attached hydrogen (secondary N) is 1. The van der Waals surface area contributed by atoms with Gasteiger partial charge in [0, 0.05) is 12.4 Å². The molecule has 0 fully saturated rings. The first-order chi connectivity index (χ1) is 8.67. The number of phosphoric acid groups is 1. The van der Waals surface area contributed by atoms with E-state index >= 15 is 0 Å². The number of halogens is 6. The summed E-state index contributed by atoms with van der Waals surface area (Å²) in [7, 11) is -4.64. The number of alkyl halides is 6. The van der Waals surface area contributed by atoms with E-state index in [1.807, 2.05) is 0 Å². The SMILES string of the molecule is FC(F)(F)Cc1c[nH]cc1CC(F)(F)F.O=P(O)(O)O. The first kappa shape index (κ1) is 19.0. The average molecular weight is 329 g/mol. The minimum atomic E-state index is -4.64. The fraction of sp³-hybridized carbons (Fsp3) is 0.500. The van der Waals surface area contributed by atoms with Crippen LogP contribution in [0.25, 0.3) is 0 Å². The van der Waals surface area contributed by atoms with E-state index in [4.69, 9.17) is 19.2 Å². The molecule has 5 nitrogen and oxygen atoms in total. The van der Waals surface area contributed by atoms with Gasteiger partial charge in [0.05, 0.1) is 12.8 Å². The van der Waals surface area contributed by atoms with Crippen molar-refractivity contribution < 1.29 is 45.6 Å². The van der Waals surface area contributed by atoms with Gasteiger partial charge < -0.3 is 19.7 Å². The molecule has 0 atom stereocenters. The molecule has 0 aromatic carbocycles. The lowest BCUT2D eigenvalue weighted by Gasteiger charge is -2.09. The molecule has 0 spiro atoms. The molecule has 1 rings (SSSR count). The third kappa shape index (κ3) is 12.0. The summed E-state index contributed by atoms with van der Waals surface area (Å²) in [5.74, 6) is 0. The van der Waals surface area contributed by atoms with Crippen LogP contribution in [-0.4, -0.2) is 32.0 Å². The molecule has 1 aromatic heterocycles. The summed E-state index contributed by atoms with van der Waals surface area (Å²) >= 11 is 0. The minimum absolute atomic E-state index is 0.361. The van der Waals surface area contributed by atoms with E-state index in [1.165, 1.54) is 0 Å². The lowest BCUT2D eigenvalue weighted by Crippen LogP contribution is -2.16. The third-order valence-electron chi connectivity index (χ3n) is 1.71. The molecule has 0 amide bonds. The zero-order valence-corrected chi connectivity index (χ0v) is 10.4. The highest BCUT2D eigenvalue weighted by atomic mass is 31.2. The van der Waals surface area contributed by atoms with E-state index in [0.717, 1.165) is 12.4 Å². The maximum absolute atomic E-state index is 11.9. The van der Waals surface area contributed by atoms with Gasteiger partial charge in [-0.1, -0.05) is 0 Å². The smallest absolute Gasteiger partial charge is 0.367 e. The fourth-order valence-corrected chi connectivity index (χ4v) is 1.19. The van der Waals surface area contributed by atoms with Gasteiger partial charge in [0.25, 0.3) is 0 Å². The predicted molar refractivity (Wildman–Crippen MR) is 54.6 cm³/mol. The van der Waals surface area contributed by atoms with Crippen molar-refractivity contribution in [2.45, 2.75) is 25.2 Å². The lowest BCUT2D eigenvalue weighted by atomic mass is 10.1. The first-order valence-corrected chi connectivity index (χ1v) is 6.30. The number of hydrogen-bond donors (Lipinski definition) is 4. The molecule has 0 radical (unpaired) electrons. The summed E-state index contributed by atoms with van der Waals surface area (Å²) < 4.78 is 80.5. The van der Waals surface area contributed by atoms with Crippen LogP contribution < -0.4 is 0 Å². The van der Waals surface area contributed by atoms with Gasteiger partial charge in [-0.15, -0.1) is 0 Å². The van der Waals surface area contributed by atoms with Gasteiger partial charge in [0.15, 0.2) is 0 Å². The molecule has 0 saturated heterocycles. The summed E-state index contributed by atoms with van der Waals surface area (Å²) in [4.78, 5) is 23.8. The maximum atomic E-state index is 11.9. The van der Waals surface area contributed by atoms with Crippen LogP contribution in [-0.2, 0) is 17.4 Å². The molecule has 118 valence electrons. The van der Waals surface area contributed by atoms with Crippen LogP contribution in [0, 0.1) is 0 Å². The van der Waals surface area contributed by atoms with E-state index in [1.54, 1.807) is 0 Å². The fourth-order valence-electron chi connectivity index (χ4n) is 1.19. The van der Waals surface area contributed by atoms with Gasteiger partial charge in [0.2, 0.25) is 0 Å². The molecule has 12 heteroatoms. The zero-order valence-electron chi connectivity index (χ0n) is 9.53. The standard InChI is InChI=1S/C8H7F6N.H3O4P/c9-7(10,11)1-5-3-15-4-6(5)2-8(12,13)14;1-5(2,3)4/h3-4,15H,1-2H2;(H3,1,2,3,4). The van der Waals surface area contributed by atoms with Crippen molar-refractivity contribution in [3.05, 3.63) is 23.5 Å². The molecule has 0 unspecified atom stereocenters. The first-order valence-electron chi connectivity index (χ1n) is 4.74. The van der Waals surface area contributed by atoms with Crippen LogP contribution in [0.4, 0.5) is 26.3 Å². The number of H-pyrrole nitrogens is 1. The Morgan fingerprint density at radius 3 is 1.35 bits per heavy atom. The highest BCUT2D eigenvalue weighted by Crippen LogP contribution is 2.28. The summed E-state index contributed by atoms with van der Waals surface area (Å²) in [6.45, 7) is 0. The normalized spacial score (nSPS) is 12.8. The number of aromatic amines is 1. The highest BCUT2D eigenvalue weighted by Gasteiger charge is 2.33. The summed E-state index contributed by atoms with van der Waals surface area (Å²) in [6.07, 6.45) is -9.81. The Morgan fingerprint density at radius 2 is 1.15 bits per heavy atom. The Labute approximate surface area is 108 Å². The minimum Gasteiger partial charge on any atom is -0.367 e. The second-order valence-electron chi connectivity index (χ2n) is 3.60. The van der Waals surface area contributed by atoms with E-state index in [-0.39, 0.29) is 11.1 Å². The van der Waals surface area contributed by atoms with Gasteiger partial charge in [-0.2, -0.15) is 26.3 Å². The second kappa shape index (κ2) is 6.61. The molecule has 0 aliphatic rings.